The van der Waals surface area contributed by atoms with Gasteiger partial charge in [-0.3, -0.25) is 14.5 Å². The molecule has 46 heavy (non-hydrogen) atoms. The molecule has 2 aromatic heterocycles. The number of halogens is 1. The molecule has 5 aromatic rings. The van der Waals surface area contributed by atoms with E-state index in [0.29, 0.717) is 50.6 Å². The third-order valence-electron chi connectivity index (χ3n) is 7.44. The fourth-order valence-corrected chi connectivity index (χ4v) is 6.86. The Hall–Kier alpha value is -4.68. The van der Waals surface area contributed by atoms with Crippen molar-refractivity contribution in [3.8, 4) is 11.5 Å². The van der Waals surface area contributed by atoms with Gasteiger partial charge in [-0.25, -0.2) is 4.39 Å². The molecule has 1 unspecified atom stereocenters. The van der Waals surface area contributed by atoms with Gasteiger partial charge in [0.25, 0.3) is 5.91 Å². The van der Waals surface area contributed by atoms with E-state index >= 15 is 0 Å². The lowest BCUT2D eigenvalue weighted by atomic mass is 9.95. The Labute approximate surface area is 272 Å². The Balaban J connectivity index is 1.37. The van der Waals surface area contributed by atoms with Gasteiger partial charge in [0.2, 0.25) is 10.9 Å². The molecule has 9 nitrogen and oxygen atoms in total. The van der Waals surface area contributed by atoms with E-state index in [1.165, 1.54) is 35.9 Å². The van der Waals surface area contributed by atoms with Gasteiger partial charge in [-0.2, -0.15) is 0 Å². The average Bonchev–Trinajstić information content (AvgIpc) is 3.77. The number of para-hydroxylation sites is 1. The van der Waals surface area contributed by atoms with Crippen LogP contribution in [0.3, 0.4) is 0 Å². The second kappa shape index (κ2) is 13.4. The van der Waals surface area contributed by atoms with Gasteiger partial charge in [0.05, 0.1) is 25.3 Å². The molecule has 1 atom stereocenters. The standard InChI is InChI=1S/C34H30FN3O6S2/c1-19(2)14-15-43-25-13-10-22(17-26(25)42-3)29-28(30(39)27-16-21-6-4-5-7-24(21)44-27)31(40)32(41)38(29)33-36-37-34(46-33)45-18-20-8-11-23(35)12-9-20/h4-13,16-17,19,29,40H,14-15,18H2,1-3H3. The monoisotopic (exact) mass is 659 g/mol. The van der Waals surface area contributed by atoms with Crippen molar-refractivity contribution >= 4 is 50.9 Å². The predicted octanol–water partition coefficient (Wildman–Crippen LogP) is 7.93. The SMILES string of the molecule is COc1cc(C2C(C(=O)c3cc4ccccc4o3)=C(O)C(=O)N2c2nnc(SCc3ccc(F)cc3)s2)ccc1OCCC(C)C. The number of carbonyl (C=O) groups is 2. The number of aliphatic hydroxyl groups is 1. The summed E-state index contributed by atoms with van der Waals surface area (Å²) in [6, 6.07) is 19.0. The number of nitrogens with zero attached hydrogens (tertiary/aromatic N) is 3. The smallest absolute Gasteiger partial charge is 0.296 e. The summed E-state index contributed by atoms with van der Waals surface area (Å²) in [5.74, 6) is -0.612. The molecular weight excluding hydrogens is 630 g/mol. The van der Waals surface area contributed by atoms with Crippen LogP contribution in [0.25, 0.3) is 11.0 Å². The Morgan fingerprint density at radius 3 is 2.61 bits per heavy atom. The minimum atomic E-state index is -1.07. The number of fused-ring (bicyclic) bond motifs is 1. The topological polar surface area (TPSA) is 115 Å². The largest absolute Gasteiger partial charge is 0.503 e. The number of carbonyl (C=O) groups excluding carboxylic acids is 2. The Kier molecular flexibility index (Phi) is 9.09. The summed E-state index contributed by atoms with van der Waals surface area (Å²) < 4.78 is 31.3. The molecule has 236 valence electrons. The van der Waals surface area contributed by atoms with Crippen molar-refractivity contribution in [2.45, 2.75) is 36.4 Å². The number of aromatic nitrogens is 2. The van der Waals surface area contributed by atoms with Gasteiger partial charge in [-0.1, -0.05) is 73.3 Å². The molecule has 1 N–H and O–H groups in total. The summed E-state index contributed by atoms with van der Waals surface area (Å²) in [6.45, 7) is 4.70. The molecule has 3 heterocycles. The van der Waals surface area contributed by atoms with E-state index in [-0.39, 0.29) is 22.3 Å². The van der Waals surface area contributed by atoms with E-state index in [9.17, 15) is 19.1 Å². The van der Waals surface area contributed by atoms with E-state index < -0.39 is 23.5 Å². The number of anilines is 1. The molecule has 6 rings (SSSR count). The maximum atomic E-state index is 14.0. The number of thioether (sulfide) groups is 1. The number of ether oxygens (including phenoxy) is 2. The highest BCUT2D eigenvalue weighted by molar-refractivity contribution is 8.00. The van der Waals surface area contributed by atoms with Gasteiger partial charge >= 0.3 is 0 Å². The maximum absolute atomic E-state index is 14.0. The fourth-order valence-electron chi connectivity index (χ4n) is 5.04. The number of amides is 1. The second-order valence-electron chi connectivity index (χ2n) is 11.0. The molecule has 1 amide bonds. The van der Waals surface area contributed by atoms with Crippen molar-refractivity contribution in [1.29, 1.82) is 0 Å². The number of aliphatic hydroxyl groups excluding tert-OH is 1. The summed E-state index contributed by atoms with van der Waals surface area (Å²) in [5, 5.41) is 20.7. The van der Waals surface area contributed by atoms with Gasteiger partial charge in [0.15, 0.2) is 27.4 Å². The van der Waals surface area contributed by atoms with Crippen LogP contribution in [0.5, 0.6) is 11.5 Å². The summed E-state index contributed by atoms with van der Waals surface area (Å²) >= 11 is 2.51. The average molecular weight is 660 g/mol. The summed E-state index contributed by atoms with van der Waals surface area (Å²) in [4.78, 5) is 29.0. The zero-order valence-electron chi connectivity index (χ0n) is 25.2. The summed E-state index contributed by atoms with van der Waals surface area (Å²) in [6.07, 6.45) is 0.848. The maximum Gasteiger partial charge on any atom is 0.296 e. The number of furan rings is 1. The Morgan fingerprint density at radius 1 is 1.09 bits per heavy atom. The first-order chi connectivity index (χ1) is 22.2. The van der Waals surface area contributed by atoms with Crippen LogP contribution in [0.15, 0.2) is 92.9 Å². The lowest BCUT2D eigenvalue weighted by molar-refractivity contribution is -0.117. The third kappa shape index (κ3) is 6.35. The van der Waals surface area contributed by atoms with Crippen LogP contribution in [0.2, 0.25) is 0 Å². The van der Waals surface area contributed by atoms with Crippen molar-refractivity contribution < 1.29 is 33.0 Å². The molecule has 0 fully saturated rings. The Morgan fingerprint density at radius 2 is 1.87 bits per heavy atom. The van der Waals surface area contributed by atoms with Crippen molar-refractivity contribution in [2.75, 3.05) is 18.6 Å². The van der Waals surface area contributed by atoms with E-state index in [0.717, 1.165) is 23.3 Å². The van der Waals surface area contributed by atoms with Gasteiger partial charge in [-0.05, 0) is 59.9 Å². The first-order valence-electron chi connectivity index (χ1n) is 14.5. The molecule has 1 aliphatic rings. The molecule has 0 bridgehead atoms. The second-order valence-corrected chi connectivity index (χ2v) is 13.2. The van der Waals surface area contributed by atoms with E-state index in [1.807, 2.05) is 12.1 Å². The number of Topliss-reactive ketones (excluding diaryl/α,β-unsaturated/α-hetero) is 1. The highest BCUT2D eigenvalue weighted by Crippen LogP contribution is 2.46. The number of hydrogen-bond donors (Lipinski definition) is 1. The van der Waals surface area contributed by atoms with Gasteiger partial charge in [-0.15, -0.1) is 10.2 Å². The molecule has 3 aromatic carbocycles. The lowest BCUT2D eigenvalue weighted by Gasteiger charge is -2.24. The molecule has 1 aliphatic heterocycles. The van der Waals surface area contributed by atoms with E-state index in [4.69, 9.17) is 13.9 Å². The Bertz CT molecular complexity index is 1900. The summed E-state index contributed by atoms with van der Waals surface area (Å²) in [5.41, 5.74) is 1.72. The first kappa shape index (κ1) is 31.3. The molecule has 0 spiro atoms. The molecule has 0 saturated carbocycles. The quantitative estimate of drug-likeness (QED) is 0.0810. The summed E-state index contributed by atoms with van der Waals surface area (Å²) in [7, 11) is 1.51. The zero-order valence-corrected chi connectivity index (χ0v) is 26.9. The molecule has 12 heteroatoms. The minimum Gasteiger partial charge on any atom is -0.503 e. The van der Waals surface area contributed by atoms with Gasteiger partial charge < -0.3 is 19.0 Å². The molecule has 0 radical (unpaired) electrons. The zero-order chi connectivity index (χ0) is 32.4. The molecular formula is C34H30FN3O6S2. The molecule has 0 aliphatic carbocycles. The normalized spacial score (nSPS) is 14.9. The van der Waals surface area contributed by atoms with Crippen LogP contribution in [-0.2, 0) is 10.5 Å². The van der Waals surface area contributed by atoms with Crippen LogP contribution in [0.1, 0.15) is 48.0 Å². The van der Waals surface area contributed by atoms with Crippen LogP contribution in [0, 0.1) is 11.7 Å². The van der Waals surface area contributed by atoms with E-state index in [1.54, 1.807) is 48.5 Å². The molecule has 0 saturated heterocycles. The lowest BCUT2D eigenvalue weighted by Crippen LogP contribution is -2.31. The first-order valence-corrected chi connectivity index (χ1v) is 16.3. The van der Waals surface area contributed by atoms with Gasteiger partial charge in [0, 0.05) is 11.1 Å². The van der Waals surface area contributed by atoms with E-state index in [2.05, 4.69) is 24.0 Å². The van der Waals surface area contributed by atoms with Crippen molar-refractivity contribution in [1.82, 2.24) is 10.2 Å². The van der Waals surface area contributed by atoms with Gasteiger partial charge in [0.1, 0.15) is 11.4 Å². The van der Waals surface area contributed by atoms with Crippen LogP contribution < -0.4 is 14.4 Å². The van der Waals surface area contributed by atoms with Crippen molar-refractivity contribution in [3.63, 3.8) is 0 Å². The number of methoxy groups -OCH3 is 1. The third-order valence-corrected chi connectivity index (χ3v) is 9.56. The number of benzene rings is 3. The van der Waals surface area contributed by atoms with Crippen LogP contribution >= 0.6 is 23.1 Å². The van der Waals surface area contributed by atoms with Crippen molar-refractivity contribution in [3.05, 3.63) is 107 Å². The van der Waals surface area contributed by atoms with Crippen LogP contribution in [0.4, 0.5) is 9.52 Å². The highest BCUT2D eigenvalue weighted by Gasteiger charge is 2.47. The highest BCUT2D eigenvalue weighted by atomic mass is 32.2. The van der Waals surface area contributed by atoms with Crippen LogP contribution in [-0.4, -0.2) is 40.7 Å². The predicted molar refractivity (Wildman–Crippen MR) is 174 cm³/mol. The fraction of sp³-hybridized carbons (Fsp3) is 0.235. The number of rotatable bonds is 12. The van der Waals surface area contributed by atoms with Crippen molar-refractivity contribution in [2.24, 2.45) is 5.92 Å². The minimum absolute atomic E-state index is 0.0178. The number of hydrogen-bond acceptors (Lipinski definition) is 10. The number of ketones is 1.